The second kappa shape index (κ2) is 3.34. The van der Waals surface area contributed by atoms with E-state index in [1.165, 1.54) is 5.03 Å². The monoisotopic (exact) mass is 191 g/mol. The van der Waals surface area contributed by atoms with Gasteiger partial charge < -0.3 is 0 Å². The summed E-state index contributed by atoms with van der Waals surface area (Å²) in [6.45, 7) is 2.02. The Morgan fingerprint density at radius 2 is 2.23 bits per heavy atom. The number of hydrogen-bond donors (Lipinski definition) is 0. The Bertz CT molecular complexity index is 440. The van der Waals surface area contributed by atoms with Gasteiger partial charge in [0.05, 0.1) is 6.20 Å². The van der Waals surface area contributed by atoms with Crippen molar-refractivity contribution in [3.63, 3.8) is 0 Å². The number of aromatic nitrogens is 2. The lowest BCUT2D eigenvalue weighted by Crippen LogP contribution is -2.25. The smallest absolute Gasteiger partial charge is 0.190 e. The van der Waals surface area contributed by atoms with Crippen LogP contribution in [0.2, 0.25) is 0 Å². The number of aryl methyl sites for hydroxylation is 1. The van der Waals surface area contributed by atoms with E-state index in [1.54, 1.807) is 11.8 Å². The van der Waals surface area contributed by atoms with E-state index in [0.717, 1.165) is 11.3 Å². The lowest BCUT2D eigenvalue weighted by Gasteiger charge is -1.97. The molecule has 0 aliphatic rings. The standard InChI is InChI=1S/C10H11N2S/c1-8-7-10(13-2)12-6-4-3-5-9(12)11-8/h3-7H,1-2H3/q+1. The van der Waals surface area contributed by atoms with Gasteiger partial charge in [0.1, 0.15) is 0 Å². The predicted molar refractivity (Wildman–Crippen MR) is 53.9 cm³/mol. The minimum absolute atomic E-state index is 1.01. The average molecular weight is 191 g/mol. The SMILES string of the molecule is CSc1cc(C)nc2cccc[n+]12. The highest BCUT2D eigenvalue weighted by Crippen LogP contribution is 2.10. The Morgan fingerprint density at radius 1 is 1.38 bits per heavy atom. The molecule has 2 heterocycles. The van der Waals surface area contributed by atoms with E-state index in [1.807, 2.05) is 31.3 Å². The van der Waals surface area contributed by atoms with Crippen molar-refractivity contribution in [3.8, 4) is 0 Å². The van der Waals surface area contributed by atoms with E-state index in [9.17, 15) is 0 Å². The molecule has 2 aromatic heterocycles. The summed E-state index contributed by atoms with van der Waals surface area (Å²) >= 11 is 1.74. The molecule has 0 saturated carbocycles. The maximum Gasteiger partial charge on any atom is 0.328 e. The number of nitrogens with zero attached hydrogens (tertiary/aromatic N) is 2. The van der Waals surface area contributed by atoms with E-state index < -0.39 is 0 Å². The molecule has 0 spiro atoms. The van der Waals surface area contributed by atoms with Crippen molar-refractivity contribution >= 4 is 17.4 Å². The van der Waals surface area contributed by atoms with Crippen molar-refractivity contribution in [2.45, 2.75) is 11.9 Å². The van der Waals surface area contributed by atoms with E-state index in [0.29, 0.717) is 0 Å². The molecule has 0 aromatic carbocycles. The molecular formula is C10H11N2S+. The van der Waals surface area contributed by atoms with Crippen molar-refractivity contribution < 1.29 is 4.40 Å². The van der Waals surface area contributed by atoms with Crippen LogP contribution in [0, 0.1) is 6.92 Å². The zero-order valence-electron chi connectivity index (χ0n) is 7.69. The summed E-state index contributed by atoms with van der Waals surface area (Å²) in [6, 6.07) is 8.14. The van der Waals surface area contributed by atoms with Crippen LogP contribution in [0.3, 0.4) is 0 Å². The Balaban J connectivity index is 2.81. The first-order valence-corrected chi connectivity index (χ1v) is 5.36. The van der Waals surface area contributed by atoms with Gasteiger partial charge in [-0.3, -0.25) is 0 Å². The van der Waals surface area contributed by atoms with E-state index in [4.69, 9.17) is 0 Å². The Labute approximate surface area is 81.6 Å². The molecule has 0 N–H and O–H groups in total. The summed E-state index contributed by atoms with van der Waals surface area (Å²) in [6.07, 6.45) is 4.11. The minimum Gasteiger partial charge on any atom is -0.190 e. The van der Waals surface area contributed by atoms with E-state index in [2.05, 4.69) is 21.7 Å². The maximum atomic E-state index is 4.43. The third-order valence-electron chi connectivity index (χ3n) is 1.91. The molecule has 0 aliphatic carbocycles. The molecule has 66 valence electrons. The fourth-order valence-corrected chi connectivity index (χ4v) is 1.97. The summed E-state index contributed by atoms with van der Waals surface area (Å²) in [5.74, 6) is 0. The molecular weight excluding hydrogens is 180 g/mol. The molecule has 0 atom stereocenters. The Morgan fingerprint density at radius 3 is 3.00 bits per heavy atom. The third kappa shape index (κ3) is 1.52. The van der Waals surface area contributed by atoms with Crippen LogP contribution < -0.4 is 4.40 Å². The zero-order chi connectivity index (χ0) is 9.26. The van der Waals surface area contributed by atoms with Crippen LogP contribution in [0.25, 0.3) is 5.65 Å². The molecule has 2 nitrogen and oxygen atoms in total. The van der Waals surface area contributed by atoms with E-state index >= 15 is 0 Å². The van der Waals surface area contributed by atoms with Gasteiger partial charge >= 0.3 is 5.65 Å². The second-order valence-electron chi connectivity index (χ2n) is 2.87. The first kappa shape index (κ1) is 8.51. The van der Waals surface area contributed by atoms with Gasteiger partial charge in [0, 0.05) is 19.1 Å². The van der Waals surface area contributed by atoms with Crippen LogP contribution in [0.4, 0.5) is 0 Å². The fourth-order valence-electron chi connectivity index (χ4n) is 1.33. The molecule has 0 fully saturated rings. The highest BCUT2D eigenvalue weighted by atomic mass is 32.2. The van der Waals surface area contributed by atoms with E-state index in [-0.39, 0.29) is 0 Å². The van der Waals surface area contributed by atoms with Crippen molar-refractivity contribution in [3.05, 3.63) is 36.2 Å². The van der Waals surface area contributed by atoms with Crippen LogP contribution in [0.5, 0.6) is 0 Å². The fraction of sp³-hybridized carbons (Fsp3) is 0.200. The summed E-state index contributed by atoms with van der Waals surface area (Å²) in [4.78, 5) is 4.43. The summed E-state index contributed by atoms with van der Waals surface area (Å²) in [5.41, 5.74) is 2.07. The van der Waals surface area contributed by atoms with Crippen LogP contribution in [-0.2, 0) is 0 Å². The van der Waals surface area contributed by atoms with Gasteiger partial charge in [-0.1, -0.05) is 17.8 Å². The van der Waals surface area contributed by atoms with Crippen molar-refractivity contribution in [2.24, 2.45) is 0 Å². The molecule has 3 heteroatoms. The quantitative estimate of drug-likeness (QED) is 0.389. The number of fused-ring (bicyclic) bond motifs is 1. The largest absolute Gasteiger partial charge is 0.328 e. The van der Waals surface area contributed by atoms with Gasteiger partial charge in [0.15, 0.2) is 10.7 Å². The lowest BCUT2D eigenvalue weighted by atomic mass is 10.4. The molecule has 0 bridgehead atoms. The predicted octanol–water partition coefficient (Wildman–Crippen LogP) is 1.85. The minimum atomic E-state index is 1.01. The van der Waals surface area contributed by atoms with Crippen LogP contribution >= 0.6 is 11.8 Å². The van der Waals surface area contributed by atoms with Gasteiger partial charge in [-0.2, -0.15) is 4.40 Å². The molecule has 0 saturated heterocycles. The maximum absolute atomic E-state index is 4.43. The van der Waals surface area contributed by atoms with Gasteiger partial charge in [-0.15, -0.1) is 0 Å². The lowest BCUT2D eigenvalue weighted by molar-refractivity contribution is -0.557. The highest BCUT2D eigenvalue weighted by molar-refractivity contribution is 7.98. The molecule has 0 radical (unpaired) electrons. The van der Waals surface area contributed by atoms with Crippen molar-refractivity contribution in [1.29, 1.82) is 0 Å². The number of thioether (sulfide) groups is 1. The number of rotatable bonds is 1. The summed E-state index contributed by atoms with van der Waals surface area (Å²) in [7, 11) is 0. The van der Waals surface area contributed by atoms with Crippen LogP contribution in [-0.4, -0.2) is 11.2 Å². The third-order valence-corrected chi connectivity index (χ3v) is 2.64. The Hall–Kier alpha value is -1.09. The summed E-state index contributed by atoms with van der Waals surface area (Å²) < 4.78 is 2.09. The van der Waals surface area contributed by atoms with Gasteiger partial charge in [0.25, 0.3) is 0 Å². The van der Waals surface area contributed by atoms with Gasteiger partial charge in [-0.25, -0.2) is 0 Å². The van der Waals surface area contributed by atoms with Crippen molar-refractivity contribution in [1.82, 2.24) is 4.98 Å². The molecule has 13 heavy (non-hydrogen) atoms. The second-order valence-corrected chi connectivity index (χ2v) is 3.70. The molecule has 2 aromatic rings. The zero-order valence-corrected chi connectivity index (χ0v) is 8.51. The van der Waals surface area contributed by atoms with Crippen LogP contribution in [0.1, 0.15) is 5.69 Å². The highest BCUT2D eigenvalue weighted by Gasteiger charge is 2.08. The number of hydrogen-bond acceptors (Lipinski definition) is 2. The first-order chi connectivity index (χ1) is 6.31. The first-order valence-electron chi connectivity index (χ1n) is 4.13. The molecule has 0 aliphatic heterocycles. The van der Waals surface area contributed by atoms with Gasteiger partial charge in [0.2, 0.25) is 0 Å². The molecule has 0 amide bonds. The normalized spacial score (nSPS) is 10.6. The average Bonchev–Trinajstić information content (AvgIpc) is 2.16. The van der Waals surface area contributed by atoms with Crippen LogP contribution in [0.15, 0.2) is 35.5 Å². The van der Waals surface area contributed by atoms with Gasteiger partial charge in [-0.05, 0) is 17.3 Å². The topological polar surface area (TPSA) is 17.0 Å². The Kier molecular flexibility index (Phi) is 2.19. The molecule has 2 rings (SSSR count). The number of pyridine rings is 1. The molecule has 0 unspecified atom stereocenters. The van der Waals surface area contributed by atoms with Crippen molar-refractivity contribution in [2.75, 3.05) is 6.26 Å². The summed E-state index contributed by atoms with van der Waals surface area (Å²) in [5, 5.41) is 1.23.